The van der Waals surface area contributed by atoms with E-state index >= 15 is 0 Å². The van der Waals surface area contributed by atoms with Crippen LogP contribution in [0.25, 0.3) is 10.2 Å². The Balaban J connectivity index is 1.82. The van der Waals surface area contributed by atoms with Crippen LogP contribution in [0.1, 0.15) is 11.1 Å². The Morgan fingerprint density at radius 2 is 2.10 bits per heavy atom. The van der Waals surface area contributed by atoms with E-state index in [0.29, 0.717) is 10.3 Å². The van der Waals surface area contributed by atoms with E-state index in [2.05, 4.69) is 10.3 Å². The van der Waals surface area contributed by atoms with Crippen molar-refractivity contribution >= 4 is 56.5 Å². The van der Waals surface area contributed by atoms with E-state index in [1.54, 1.807) is 0 Å². The third kappa shape index (κ3) is 4.50. The van der Waals surface area contributed by atoms with Gasteiger partial charge in [-0.25, -0.2) is 0 Å². The number of H-pyrrole nitrogens is 1. The van der Waals surface area contributed by atoms with E-state index < -0.39 is 28.9 Å². The van der Waals surface area contributed by atoms with Crippen molar-refractivity contribution in [3.05, 3.63) is 50.8 Å². The normalized spacial score (nSPS) is 11.4. The van der Waals surface area contributed by atoms with Crippen molar-refractivity contribution in [2.45, 2.75) is 10.4 Å². The molecule has 0 atom stereocenters. The quantitative estimate of drug-likeness (QED) is 0.495. The summed E-state index contributed by atoms with van der Waals surface area (Å²) in [5.41, 5.74) is -1.90. The summed E-state index contributed by atoms with van der Waals surface area (Å²) in [4.78, 5) is 26.1. The van der Waals surface area contributed by atoms with Crippen molar-refractivity contribution in [3.63, 3.8) is 0 Å². The number of fused-ring (bicyclic) bond motifs is 1. The van der Waals surface area contributed by atoms with Crippen LogP contribution in [-0.4, -0.2) is 21.8 Å². The average molecular weight is 460 g/mol. The topological polar surface area (TPSA) is 106 Å². The molecule has 0 aliphatic rings. The van der Waals surface area contributed by atoms with Crippen molar-refractivity contribution in [2.24, 2.45) is 0 Å². The van der Waals surface area contributed by atoms with Gasteiger partial charge in [0.2, 0.25) is 5.91 Å². The number of hydrogen-bond acceptors (Lipinski definition) is 6. The first kappa shape index (κ1) is 21.0. The monoisotopic (exact) mass is 459 g/mol. The molecule has 12 heteroatoms. The number of anilines is 1. The molecule has 1 aromatic carbocycles. The Bertz CT molecular complexity index is 1210. The van der Waals surface area contributed by atoms with Gasteiger partial charge in [-0.1, -0.05) is 11.6 Å². The molecule has 0 unspecified atom stereocenters. The van der Waals surface area contributed by atoms with Gasteiger partial charge < -0.3 is 15.4 Å². The van der Waals surface area contributed by atoms with Gasteiger partial charge in [0.25, 0.3) is 5.56 Å². The number of halogens is 4. The van der Waals surface area contributed by atoms with E-state index in [1.165, 1.54) is 6.07 Å². The molecule has 0 saturated heterocycles. The van der Waals surface area contributed by atoms with Gasteiger partial charge >= 0.3 is 6.18 Å². The lowest BCUT2D eigenvalue weighted by Crippen LogP contribution is -2.18. The van der Waals surface area contributed by atoms with E-state index in [0.717, 1.165) is 35.2 Å². The third-order valence-corrected chi connectivity index (χ3v) is 6.35. The summed E-state index contributed by atoms with van der Waals surface area (Å²) in [6.45, 7) is 0. The lowest BCUT2D eigenvalue weighted by Gasteiger charge is -2.14. The highest BCUT2D eigenvalue weighted by molar-refractivity contribution is 8.02. The molecule has 0 aliphatic heterocycles. The number of pyridine rings is 1. The van der Waals surface area contributed by atoms with Gasteiger partial charge in [-0.15, -0.1) is 23.1 Å². The molecule has 3 aromatic rings. The number of thioether (sulfide) groups is 1. The second-order valence-electron chi connectivity index (χ2n) is 5.62. The SMILES string of the molecule is N#Cc1c(SCC(=O)Nc2ccc(Cl)cc2C(F)(F)F)sc2c(O)cc(=O)[nH]c12. The van der Waals surface area contributed by atoms with Crippen molar-refractivity contribution in [2.75, 3.05) is 11.1 Å². The van der Waals surface area contributed by atoms with Gasteiger partial charge in [0, 0.05) is 11.1 Å². The van der Waals surface area contributed by atoms with E-state index in [1.807, 2.05) is 6.07 Å². The second-order valence-corrected chi connectivity index (χ2v) is 8.32. The molecule has 2 aromatic heterocycles. The summed E-state index contributed by atoms with van der Waals surface area (Å²) in [6.07, 6.45) is -4.70. The number of aromatic amines is 1. The van der Waals surface area contributed by atoms with Crippen LogP contribution in [0.4, 0.5) is 18.9 Å². The van der Waals surface area contributed by atoms with Gasteiger partial charge in [0.05, 0.1) is 31.4 Å². The number of thiophene rings is 1. The average Bonchev–Trinajstić information content (AvgIpc) is 2.98. The van der Waals surface area contributed by atoms with Crippen molar-refractivity contribution in [1.29, 1.82) is 5.26 Å². The Morgan fingerprint density at radius 1 is 1.38 bits per heavy atom. The highest BCUT2D eigenvalue weighted by Crippen LogP contribution is 2.40. The van der Waals surface area contributed by atoms with Crippen LogP contribution in [0.3, 0.4) is 0 Å². The number of amides is 1. The number of hydrogen-bond donors (Lipinski definition) is 3. The smallest absolute Gasteiger partial charge is 0.418 e. The summed E-state index contributed by atoms with van der Waals surface area (Å²) < 4.78 is 39.9. The van der Waals surface area contributed by atoms with Crippen LogP contribution in [-0.2, 0) is 11.0 Å². The molecule has 1 amide bonds. The summed E-state index contributed by atoms with van der Waals surface area (Å²) in [6, 6.07) is 5.84. The molecule has 29 heavy (non-hydrogen) atoms. The van der Waals surface area contributed by atoms with Crippen LogP contribution in [0.15, 0.2) is 33.3 Å². The van der Waals surface area contributed by atoms with Gasteiger partial charge in [-0.2, -0.15) is 18.4 Å². The zero-order valence-corrected chi connectivity index (χ0v) is 16.4. The van der Waals surface area contributed by atoms with E-state index in [4.69, 9.17) is 11.6 Å². The summed E-state index contributed by atoms with van der Waals surface area (Å²) in [7, 11) is 0. The Labute approximate surface area is 173 Å². The number of aromatic nitrogens is 1. The van der Waals surface area contributed by atoms with Crippen LogP contribution >= 0.6 is 34.7 Å². The largest absolute Gasteiger partial charge is 0.506 e. The minimum atomic E-state index is -4.70. The lowest BCUT2D eigenvalue weighted by atomic mass is 10.1. The Morgan fingerprint density at radius 3 is 2.76 bits per heavy atom. The Kier molecular flexibility index (Phi) is 5.79. The van der Waals surface area contributed by atoms with Crippen LogP contribution in [0, 0.1) is 11.3 Å². The highest BCUT2D eigenvalue weighted by atomic mass is 35.5. The molecule has 0 saturated carbocycles. The molecule has 0 aliphatic carbocycles. The summed E-state index contributed by atoms with van der Waals surface area (Å²) in [5.74, 6) is -1.34. The third-order valence-electron chi connectivity index (χ3n) is 3.63. The maximum atomic E-state index is 13.1. The first-order chi connectivity index (χ1) is 13.6. The fraction of sp³-hybridized carbons (Fsp3) is 0.118. The van der Waals surface area contributed by atoms with E-state index in [9.17, 15) is 33.1 Å². The number of benzene rings is 1. The lowest BCUT2D eigenvalue weighted by molar-refractivity contribution is -0.137. The first-order valence-corrected chi connectivity index (χ1v) is 9.86. The second kappa shape index (κ2) is 7.98. The number of nitrogens with one attached hydrogen (secondary N) is 2. The molecule has 3 rings (SSSR count). The van der Waals surface area contributed by atoms with Gasteiger partial charge in [-0.3, -0.25) is 9.59 Å². The molecule has 150 valence electrons. The molecule has 0 fully saturated rings. The van der Waals surface area contributed by atoms with E-state index in [-0.39, 0.29) is 32.3 Å². The first-order valence-electron chi connectivity index (χ1n) is 7.68. The molecule has 0 radical (unpaired) electrons. The van der Waals surface area contributed by atoms with Crippen LogP contribution in [0.5, 0.6) is 5.75 Å². The molecular weight excluding hydrogens is 451 g/mol. The van der Waals surface area contributed by atoms with Gasteiger partial charge in [0.15, 0.2) is 0 Å². The molecule has 2 heterocycles. The summed E-state index contributed by atoms with van der Waals surface area (Å²) >= 11 is 7.49. The fourth-order valence-corrected chi connectivity index (χ4v) is 4.75. The predicted octanol–water partition coefficient (Wildman–Crippen LogP) is 4.57. The van der Waals surface area contributed by atoms with Crippen LogP contribution < -0.4 is 10.9 Å². The fourth-order valence-electron chi connectivity index (χ4n) is 2.44. The maximum absolute atomic E-state index is 13.1. The molecule has 0 bridgehead atoms. The minimum absolute atomic E-state index is 0.0678. The zero-order valence-electron chi connectivity index (χ0n) is 14.1. The molecule has 0 spiro atoms. The molecule has 6 nitrogen and oxygen atoms in total. The zero-order chi connectivity index (χ0) is 21.3. The number of rotatable bonds is 4. The van der Waals surface area contributed by atoms with Gasteiger partial charge in [-0.05, 0) is 18.2 Å². The number of alkyl halides is 3. The van der Waals surface area contributed by atoms with Crippen molar-refractivity contribution < 1.29 is 23.1 Å². The minimum Gasteiger partial charge on any atom is -0.506 e. The number of nitriles is 1. The standard InChI is InChI=1S/C17H9ClF3N3O3S2/c18-7-1-2-10(9(3-7)17(19,20)21)23-13(27)6-28-16-8(5-22)14-15(29-16)11(25)4-12(26)24-14/h1-4H,6H2,(H,23,27)(H2,24,25,26). The maximum Gasteiger partial charge on any atom is 0.418 e. The molecular formula is C17H9ClF3N3O3S2. The predicted molar refractivity (Wildman–Crippen MR) is 105 cm³/mol. The van der Waals surface area contributed by atoms with Gasteiger partial charge in [0.1, 0.15) is 17.4 Å². The number of carbonyl (C=O) groups is 1. The number of carbonyl (C=O) groups excluding carboxylic acids is 1. The van der Waals surface area contributed by atoms with Crippen molar-refractivity contribution in [3.8, 4) is 11.8 Å². The molecule has 3 N–H and O–H groups in total. The number of nitrogens with zero attached hydrogens (tertiary/aromatic N) is 1. The summed E-state index contributed by atoms with van der Waals surface area (Å²) in [5, 5.41) is 21.3. The number of aromatic hydroxyl groups is 1. The van der Waals surface area contributed by atoms with Crippen LogP contribution in [0.2, 0.25) is 5.02 Å². The highest BCUT2D eigenvalue weighted by Gasteiger charge is 2.34. The van der Waals surface area contributed by atoms with Crippen molar-refractivity contribution in [1.82, 2.24) is 4.98 Å². The Hall–Kier alpha value is -2.68.